The second-order valence-corrected chi connectivity index (χ2v) is 4.00. The van der Waals surface area contributed by atoms with E-state index in [9.17, 15) is 22.8 Å². The number of carbonyl (C=O) groups is 2. The zero-order valence-corrected chi connectivity index (χ0v) is 10.7. The third kappa shape index (κ3) is 4.23. The van der Waals surface area contributed by atoms with Gasteiger partial charge in [0.05, 0.1) is 18.7 Å². The molecule has 0 unspecified atom stereocenters. The summed E-state index contributed by atoms with van der Waals surface area (Å²) in [6.07, 6.45) is -4.49. The number of hydrogen-bond donors (Lipinski definition) is 3. The van der Waals surface area contributed by atoms with Crippen molar-refractivity contribution in [3.63, 3.8) is 0 Å². The van der Waals surface area contributed by atoms with Crippen LogP contribution in [0, 0.1) is 6.92 Å². The first-order valence-corrected chi connectivity index (χ1v) is 5.69. The first kappa shape index (κ1) is 16.0. The molecule has 0 fully saturated rings. The number of anilines is 1. The number of halogens is 3. The summed E-state index contributed by atoms with van der Waals surface area (Å²) in [5, 5.41) is 4.53. The van der Waals surface area contributed by atoms with Crippen molar-refractivity contribution in [1.29, 1.82) is 0 Å². The Morgan fingerprint density at radius 3 is 2.45 bits per heavy atom. The number of amides is 2. The Morgan fingerprint density at radius 1 is 1.25 bits per heavy atom. The molecule has 0 aliphatic heterocycles. The maximum absolute atomic E-state index is 12.7. The van der Waals surface area contributed by atoms with E-state index in [0.29, 0.717) is 0 Å². The van der Waals surface area contributed by atoms with Gasteiger partial charge >= 0.3 is 6.18 Å². The molecule has 0 radical (unpaired) electrons. The van der Waals surface area contributed by atoms with Gasteiger partial charge in [0.25, 0.3) is 0 Å². The van der Waals surface area contributed by atoms with Gasteiger partial charge in [0.15, 0.2) is 0 Å². The highest BCUT2D eigenvalue weighted by molar-refractivity contribution is 5.95. The number of carbonyl (C=O) groups excluding carboxylic acids is 2. The van der Waals surface area contributed by atoms with Crippen molar-refractivity contribution in [2.24, 2.45) is 5.73 Å². The minimum Gasteiger partial charge on any atom is -0.346 e. The van der Waals surface area contributed by atoms with Crippen LogP contribution >= 0.6 is 0 Å². The largest absolute Gasteiger partial charge is 0.416 e. The van der Waals surface area contributed by atoms with E-state index < -0.39 is 23.6 Å². The predicted molar refractivity (Wildman–Crippen MR) is 66.9 cm³/mol. The summed E-state index contributed by atoms with van der Waals surface area (Å²) in [5.74, 6) is -1.16. The summed E-state index contributed by atoms with van der Waals surface area (Å²) in [6, 6.07) is 3.48. The van der Waals surface area contributed by atoms with Crippen molar-refractivity contribution in [2.75, 3.05) is 18.4 Å². The molecule has 0 aliphatic rings. The molecule has 1 aromatic carbocycles. The van der Waals surface area contributed by atoms with Crippen molar-refractivity contribution >= 4 is 17.5 Å². The zero-order chi connectivity index (χ0) is 15.3. The van der Waals surface area contributed by atoms with Gasteiger partial charge in [0, 0.05) is 5.69 Å². The average molecular weight is 289 g/mol. The summed E-state index contributed by atoms with van der Waals surface area (Å²) in [4.78, 5) is 22.4. The highest BCUT2D eigenvalue weighted by atomic mass is 19.4. The highest BCUT2D eigenvalue weighted by Crippen LogP contribution is 2.34. The van der Waals surface area contributed by atoms with Crippen LogP contribution in [0.25, 0.3) is 0 Å². The monoisotopic (exact) mass is 289 g/mol. The second-order valence-electron chi connectivity index (χ2n) is 4.00. The molecule has 1 aromatic rings. The molecular formula is C12H14F3N3O2. The SMILES string of the molecule is Cc1c(NC(=O)CNC(=O)CN)cccc1C(F)(F)F. The Morgan fingerprint density at radius 2 is 1.90 bits per heavy atom. The summed E-state index contributed by atoms with van der Waals surface area (Å²) in [5.41, 5.74) is 4.18. The van der Waals surface area contributed by atoms with Crippen molar-refractivity contribution in [3.05, 3.63) is 29.3 Å². The van der Waals surface area contributed by atoms with Crippen LogP contribution in [0.2, 0.25) is 0 Å². The molecule has 0 heterocycles. The number of rotatable bonds is 4. The average Bonchev–Trinajstić information content (AvgIpc) is 2.37. The minimum atomic E-state index is -4.49. The van der Waals surface area contributed by atoms with E-state index in [1.807, 2.05) is 0 Å². The van der Waals surface area contributed by atoms with Crippen LogP contribution in [0.4, 0.5) is 18.9 Å². The molecule has 0 spiro atoms. The first-order valence-electron chi connectivity index (χ1n) is 5.69. The lowest BCUT2D eigenvalue weighted by Crippen LogP contribution is -2.36. The van der Waals surface area contributed by atoms with Crippen molar-refractivity contribution < 1.29 is 22.8 Å². The van der Waals surface area contributed by atoms with E-state index in [-0.39, 0.29) is 24.3 Å². The standard InChI is InChI=1S/C12H14F3N3O2/c1-7-8(12(13,14)15)3-2-4-9(7)18-11(20)6-17-10(19)5-16/h2-4H,5-6,16H2,1H3,(H,17,19)(H,18,20). The topological polar surface area (TPSA) is 84.2 Å². The van der Waals surface area contributed by atoms with Gasteiger partial charge < -0.3 is 16.4 Å². The van der Waals surface area contributed by atoms with Gasteiger partial charge in [-0.2, -0.15) is 13.2 Å². The molecule has 110 valence electrons. The first-order chi connectivity index (χ1) is 9.25. The van der Waals surface area contributed by atoms with Crippen LogP contribution in [0.5, 0.6) is 0 Å². The van der Waals surface area contributed by atoms with Gasteiger partial charge in [-0.15, -0.1) is 0 Å². The van der Waals surface area contributed by atoms with Gasteiger partial charge in [-0.25, -0.2) is 0 Å². The van der Waals surface area contributed by atoms with Crippen LogP contribution in [-0.4, -0.2) is 24.9 Å². The Balaban J connectivity index is 2.78. The fraction of sp³-hybridized carbons (Fsp3) is 0.333. The highest BCUT2D eigenvalue weighted by Gasteiger charge is 2.32. The zero-order valence-electron chi connectivity index (χ0n) is 10.7. The van der Waals surface area contributed by atoms with E-state index >= 15 is 0 Å². The Labute approximate surface area is 113 Å². The maximum atomic E-state index is 12.7. The van der Waals surface area contributed by atoms with E-state index in [4.69, 9.17) is 5.73 Å². The van der Waals surface area contributed by atoms with Gasteiger partial charge in [0.2, 0.25) is 11.8 Å². The Kier molecular flexibility index (Phi) is 5.09. The molecule has 0 atom stereocenters. The second kappa shape index (κ2) is 6.38. The van der Waals surface area contributed by atoms with E-state index in [0.717, 1.165) is 6.07 Å². The summed E-state index contributed by atoms with van der Waals surface area (Å²) in [6.45, 7) is 0.637. The number of nitrogens with two attached hydrogens (primary N) is 1. The van der Waals surface area contributed by atoms with Gasteiger partial charge in [0.1, 0.15) is 0 Å². The number of nitrogens with one attached hydrogen (secondary N) is 2. The molecule has 0 aromatic heterocycles. The van der Waals surface area contributed by atoms with Crippen molar-refractivity contribution in [3.8, 4) is 0 Å². The van der Waals surface area contributed by atoms with Gasteiger partial charge in [-0.3, -0.25) is 9.59 Å². The minimum absolute atomic E-state index is 0.0480. The molecule has 0 saturated heterocycles. The normalized spacial score (nSPS) is 11.1. The number of alkyl halides is 3. The third-order valence-electron chi connectivity index (χ3n) is 2.54. The predicted octanol–water partition coefficient (Wildman–Crippen LogP) is 1.03. The van der Waals surface area contributed by atoms with E-state index in [2.05, 4.69) is 10.6 Å². The number of hydrogen-bond acceptors (Lipinski definition) is 3. The van der Waals surface area contributed by atoms with Crippen LogP contribution < -0.4 is 16.4 Å². The molecule has 4 N–H and O–H groups in total. The van der Waals surface area contributed by atoms with Gasteiger partial charge in [-0.05, 0) is 24.6 Å². The molecule has 0 aliphatic carbocycles. The molecule has 2 amide bonds. The van der Waals surface area contributed by atoms with E-state index in [1.54, 1.807) is 0 Å². The van der Waals surface area contributed by atoms with Crippen LogP contribution in [-0.2, 0) is 15.8 Å². The third-order valence-corrected chi connectivity index (χ3v) is 2.54. The van der Waals surface area contributed by atoms with Crippen LogP contribution in [0.15, 0.2) is 18.2 Å². The molecule has 20 heavy (non-hydrogen) atoms. The summed E-state index contributed by atoms with van der Waals surface area (Å²) < 4.78 is 38.0. The van der Waals surface area contributed by atoms with Crippen molar-refractivity contribution in [1.82, 2.24) is 5.32 Å². The van der Waals surface area contributed by atoms with Crippen molar-refractivity contribution in [2.45, 2.75) is 13.1 Å². The van der Waals surface area contributed by atoms with Crippen LogP contribution in [0.1, 0.15) is 11.1 Å². The smallest absolute Gasteiger partial charge is 0.346 e. The quantitative estimate of drug-likeness (QED) is 0.774. The Hall–Kier alpha value is -2.09. The Bertz CT molecular complexity index is 515. The lowest BCUT2D eigenvalue weighted by Gasteiger charge is -2.14. The fourth-order valence-corrected chi connectivity index (χ4v) is 1.52. The molecule has 1 rings (SSSR count). The number of benzene rings is 1. The lowest BCUT2D eigenvalue weighted by molar-refractivity contribution is -0.138. The molecule has 0 bridgehead atoms. The summed E-state index contributed by atoms with van der Waals surface area (Å²) >= 11 is 0. The molecular weight excluding hydrogens is 275 g/mol. The summed E-state index contributed by atoms with van der Waals surface area (Å²) in [7, 11) is 0. The maximum Gasteiger partial charge on any atom is 0.416 e. The van der Waals surface area contributed by atoms with E-state index in [1.165, 1.54) is 19.1 Å². The molecule has 8 heteroatoms. The van der Waals surface area contributed by atoms with Crippen LogP contribution in [0.3, 0.4) is 0 Å². The fourth-order valence-electron chi connectivity index (χ4n) is 1.52. The molecule has 5 nitrogen and oxygen atoms in total. The van der Waals surface area contributed by atoms with Gasteiger partial charge in [-0.1, -0.05) is 6.07 Å². The molecule has 0 saturated carbocycles. The lowest BCUT2D eigenvalue weighted by atomic mass is 10.1.